The zero-order valence-corrected chi connectivity index (χ0v) is 18.0. The van der Waals surface area contributed by atoms with E-state index in [9.17, 15) is 9.90 Å². The molecule has 9 heteroatoms. The molecule has 3 aromatic rings. The van der Waals surface area contributed by atoms with E-state index >= 15 is 0 Å². The number of nitrogens with zero attached hydrogens (tertiary/aromatic N) is 6. The highest BCUT2D eigenvalue weighted by Gasteiger charge is 2.30. The summed E-state index contributed by atoms with van der Waals surface area (Å²) in [6.07, 6.45) is 8.91. The lowest BCUT2D eigenvalue weighted by Gasteiger charge is -2.38. The van der Waals surface area contributed by atoms with E-state index in [0.717, 1.165) is 31.7 Å². The van der Waals surface area contributed by atoms with Crippen LogP contribution in [0.15, 0.2) is 30.9 Å². The van der Waals surface area contributed by atoms with Crippen LogP contribution in [0.5, 0.6) is 0 Å². The molecule has 1 aliphatic heterocycles. The van der Waals surface area contributed by atoms with Crippen LogP contribution >= 0.6 is 0 Å². The average Bonchev–Trinajstić information content (AvgIpc) is 3.23. The molecule has 30 heavy (non-hydrogen) atoms. The number of fused-ring (bicyclic) bond motifs is 1. The van der Waals surface area contributed by atoms with E-state index in [1.165, 1.54) is 6.20 Å². The molecule has 160 valence electrons. The predicted molar refractivity (Wildman–Crippen MR) is 115 cm³/mol. The Morgan fingerprint density at radius 3 is 2.90 bits per heavy atom. The fourth-order valence-electron chi connectivity index (χ4n) is 3.99. The van der Waals surface area contributed by atoms with Gasteiger partial charge in [-0.3, -0.25) is 9.48 Å². The minimum absolute atomic E-state index is 0.173. The molecule has 0 atom stereocenters. The molecule has 0 saturated carbocycles. The third-order valence-corrected chi connectivity index (χ3v) is 5.26. The molecule has 1 amide bonds. The molecular formula is C21H29N7O2. The zero-order valence-electron chi connectivity index (χ0n) is 18.0. The molecule has 4 rings (SSSR count). The molecule has 0 radical (unpaired) electrons. The van der Waals surface area contributed by atoms with Gasteiger partial charge < -0.3 is 15.3 Å². The smallest absolute Gasteiger partial charge is 0.261 e. The van der Waals surface area contributed by atoms with Crippen LogP contribution in [0.3, 0.4) is 0 Å². The van der Waals surface area contributed by atoms with Crippen molar-refractivity contribution in [1.29, 1.82) is 0 Å². The van der Waals surface area contributed by atoms with Crippen molar-refractivity contribution in [3.05, 3.63) is 36.4 Å². The summed E-state index contributed by atoms with van der Waals surface area (Å²) in [5.74, 6) is 0.439. The number of carbonyl (C=O) groups excluding carboxylic acids is 1. The number of piperidine rings is 1. The summed E-state index contributed by atoms with van der Waals surface area (Å²) in [6, 6.07) is 1.76. The van der Waals surface area contributed by atoms with Gasteiger partial charge >= 0.3 is 0 Å². The summed E-state index contributed by atoms with van der Waals surface area (Å²) in [7, 11) is 0. The van der Waals surface area contributed by atoms with Crippen LogP contribution in [0.4, 0.5) is 11.5 Å². The van der Waals surface area contributed by atoms with E-state index in [2.05, 4.69) is 34.1 Å². The highest BCUT2D eigenvalue weighted by atomic mass is 16.3. The van der Waals surface area contributed by atoms with Gasteiger partial charge in [0.15, 0.2) is 11.5 Å². The minimum Gasteiger partial charge on any atom is -0.389 e. The Morgan fingerprint density at radius 1 is 1.37 bits per heavy atom. The number of carbonyl (C=O) groups is 1. The molecule has 2 N–H and O–H groups in total. The normalized spacial score (nSPS) is 16.8. The molecule has 0 bridgehead atoms. The van der Waals surface area contributed by atoms with Gasteiger partial charge in [0.25, 0.3) is 5.91 Å². The van der Waals surface area contributed by atoms with Gasteiger partial charge in [0, 0.05) is 25.5 Å². The van der Waals surface area contributed by atoms with Crippen molar-refractivity contribution >= 4 is 23.1 Å². The molecule has 0 unspecified atom stereocenters. The second-order valence-corrected chi connectivity index (χ2v) is 9.47. The molecule has 1 fully saturated rings. The van der Waals surface area contributed by atoms with Gasteiger partial charge in [0.2, 0.25) is 0 Å². The second-order valence-electron chi connectivity index (χ2n) is 9.47. The van der Waals surface area contributed by atoms with Crippen molar-refractivity contribution in [2.45, 2.75) is 52.7 Å². The van der Waals surface area contributed by atoms with Crippen molar-refractivity contribution in [2.24, 2.45) is 5.41 Å². The number of hydrogen-bond acceptors (Lipinski definition) is 6. The highest BCUT2D eigenvalue weighted by Crippen LogP contribution is 2.34. The van der Waals surface area contributed by atoms with Crippen LogP contribution in [0.2, 0.25) is 0 Å². The first-order valence-corrected chi connectivity index (χ1v) is 10.3. The maximum atomic E-state index is 13.0. The van der Waals surface area contributed by atoms with E-state index in [-0.39, 0.29) is 11.3 Å². The van der Waals surface area contributed by atoms with Crippen LogP contribution in [-0.4, -0.2) is 54.1 Å². The van der Waals surface area contributed by atoms with Gasteiger partial charge in [-0.1, -0.05) is 13.8 Å². The Labute approximate surface area is 175 Å². The molecule has 9 nitrogen and oxygen atoms in total. The molecule has 1 aliphatic rings. The SMILES string of the molecule is CC(C)(O)Cn1cc(NC(=O)c2cnn3cccnc23)c(N2CCCC(C)(C)C2)n1. The number of anilines is 2. The maximum absolute atomic E-state index is 13.0. The van der Waals surface area contributed by atoms with Crippen molar-refractivity contribution in [2.75, 3.05) is 23.3 Å². The first-order chi connectivity index (χ1) is 14.1. The Bertz CT molecular complexity index is 1060. The Kier molecular flexibility index (Phi) is 5.01. The third-order valence-electron chi connectivity index (χ3n) is 5.26. The summed E-state index contributed by atoms with van der Waals surface area (Å²) < 4.78 is 3.27. The fraction of sp³-hybridized carbons (Fsp3) is 0.524. The fourth-order valence-corrected chi connectivity index (χ4v) is 3.99. The summed E-state index contributed by atoms with van der Waals surface area (Å²) in [5.41, 5.74) is 0.775. The van der Waals surface area contributed by atoms with E-state index in [1.54, 1.807) is 47.7 Å². The van der Waals surface area contributed by atoms with Crippen molar-refractivity contribution in [3.63, 3.8) is 0 Å². The van der Waals surface area contributed by atoms with Crippen molar-refractivity contribution < 1.29 is 9.90 Å². The largest absolute Gasteiger partial charge is 0.389 e. The summed E-state index contributed by atoms with van der Waals surface area (Å²) in [6.45, 7) is 10.0. The zero-order chi connectivity index (χ0) is 21.5. The van der Waals surface area contributed by atoms with Crippen molar-refractivity contribution in [3.8, 4) is 0 Å². The van der Waals surface area contributed by atoms with Crippen LogP contribution in [0.25, 0.3) is 5.65 Å². The molecule has 0 aliphatic carbocycles. The number of amides is 1. The minimum atomic E-state index is -0.919. The topological polar surface area (TPSA) is 101 Å². The van der Waals surface area contributed by atoms with Crippen LogP contribution < -0.4 is 10.2 Å². The summed E-state index contributed by atoms with van der Waals surface area (Å²) in [4.78, 5) is 19.5. The van der Waals surface area contributed by atoms with E-state index in [1.807, 2.05) is 0 Å². The number of aliphatic hydroxyl groups is 1. The summed E-state index contributed by atoms with van der Waals surface area (Å²) >= 11 is 0. The molecule has 4 heterocycles. The first-order valence-electron chi connectivity index (χ1n) is 10.3. The van der Waals surface area contributed by atoms with Gasteiger partial charge in [-0.05, 0) is 38.2 Å². The quantitative estimate of drug-likeness (QED) is 0.669. The van der Waals surface area contributed by atoms with E-state index in [4.69, 9.17) is 5.10 Å². The molecule has 3 aromatic heterocycles. The highest BCUT2D eigenvalue weighted by molar-refractivity contribution is 6.09. The van der Waals surface area contributed by atoms with Gasteiger partial charge in [-0.25, -0.2) is 9.50 Å². The number of rotatable bonds is 5. The van der Waals surface area contributed by atoms with Gasteiger partial charge in [0.1, 0.15) is 11.3 Å². The van der Waals surface area contributed by atoms with Crippen LogP contribution in [0.1, 0.15) is 50.9 Å². The molecule has 0 aromatic carbocycles. The molecule has 0 spiro atoms. The van der Waals surface area contributed by atoms with E-state index in [0.29, 0.717) is 23.4 Å². The number of nitrogens with one attached hydrogen (secondary N) is 1. The Hall–Kier alpha value is -2.94. The van der Waals surface area contributed by atoms with Crippen LogP contribution in [-0.2, 0) is 6.54 Å². The molecular weight excluding hydrogens is 382 g/mol. The average molecular weight is 412 g/mol. The lowest BCUT2D eigenvalue weighted by Crippen LogP contribution is -2.40. The number of hydrogen-bond donors (Lipinski definition) is 2. The lowest BCUT2D eigenvalue weighted by molar-refractivity contribution is 0.0578. The van der Waals surface area contributed by atoms with E-state index < -0.39 is 5.60 Å². The summed E-state index contributed by atoms with van der Waals surface area (Å²) in [5, 5.41) is 22.1. The molecule has 1 saturated heterocycles. The third kappa shape index (κ3) is 4.30. The van der Waals surface area contributed by atoms with Crippen molar-refractivity contribution in [1.82, 2.24) is 24.4 Å². The standard InChI is InChI=1S/C21H29N7O2/c1-20(2)7-5-9-26(13-20)18-16(12-27(25-18)14-21(3,4)30)24-19(29)15-11-23-28-10-6-8-22-17(15)28/h6,8,10-12,30H,5,7,9,13-14H2,1-4H3,(H,24,29). The second kappa shape index (κ2) is 7.39. The Balaban J connectivity index is 1.66. The number of aromatic nitrogens is 5. The van der Waals surface area contributed by atoms with Gasteiger partial charge in [-0.15, -0.1) is 0 Å². The Morgan fingerprint density at radius 2 is 2.17 bits per heavy atom. The monoisotopic (exact) mass is 411 g/mol. The maximum Gasteiger partial charge on any atom is 0.261 e. The van der Waals surface area contributed by atoms with Crippen LogP contribution in [0, 0.1) is 5.41 Å². The predicted octanol–water partition coefficient (Wildman–Crippen LogP) is 2.58. The first kappa shape index (κ1) is 20.3. The van der Waals surface area contributed by atoms with Gasteiger partial charge in [-0.2, -0.15) is 10.2 Å². The van der Waals surface area contributed by atoms with Gasteiger partial charge in [0.05, 0.1) is 24.5 Å². The lowest BCUT2D eigenvalue weighted by atomic mass is 9.84.